The van der Waals surface area contributed by atoms with Crippen LogP contribution in [0.1, 0.15) is 19.4 Å². The van der Waals surface area contributed by atoms with Gasteiger partial charge >= 0.3 is 12.2 Å². The SMILES string of the molecule is CC(C)Nc1nc(-c2ccc(Br)cc2C(F)(F)F)no1. The summed E-state index contributed by atoms with van der Waals surface area (Å²) in [6.45, 7) is 3.70. The van der Waals surface area contributed by atoms with E-state index < -0.39 is 11.7 Å². The summed E-state index contributed by atoms with van der Waals surface area (Å²) in [4.78, 5) is 3.92. The molecule has 2 aromatic rings. The van der Waals surface area contributed by atoms with Crippen molar-refractivity contribution in [3.8, 4) is 11.4 Å². The Balaban J connectivity index is 2.45. The molecule has 1 aromatic carbocycles. The predicted molar refractivity (Wildman–Crippen MR) is 71.2 cm³/mol. The van der Waals surface area contributed by atoms with Gasteiger partial charge in [0.1, 0.15) is 0 Å². The van der Waals surface area contributed by atoms with Crippen LogP contribution in [0.15, 0.2) is 27.2 Å². The van der Waals surface area contributed by atoms with E-state index in [9.17, 15) is 13.2 Å². The molecule has 0 saturated carbocycles. The van der Waals surface area contributed by atoms with Crippen molar-refractivity contribution in [3.63, 3.8) is 0 Å². The third kappa shape index (κ3) is 3.30. The van der Waals surface area contributed by atoms with Crippen LogP contribution >= 0.6 is 15.9 Å². The number of anilines is 1. The maximum Gasteiger partial charge on any atom is 0.417 e. The maximum absolute atomic E-state index is 13.0. The molecule has 4 nitrogen and oxygen atoms in total. The van der Waals surface area contributed by atoms with Crippen LogP contribution in [0.2, 0.25) is 0 Å². The number of benzene rings is 1. The van der Waals surface area contributed by atoms with Crippen molar-refractivity contribution in [2.24, 2.45) is 0 Å². The summed E-state index contributed by atoms with van der Waals surface area (Å²) < 4.78 is 44.2. The van der Waals surface area contributed by atoms with Gasteiger partial charge in [-0.25, -0.2) is 0 Å². The van der Waals surface area contributed by atoms with E-state index in [1.54, 1.807) is 0 Å². The van der Waals surface area contributed by atoms with Crippen LogP contribution in [-0.2, 0) is 6.18 Å². The Kier molecular flexibility index (Phi) is 4.03. The van der Waals surface area contributed by atoms with Crippen LogP contribution < -0.4 is 5.32 Å². The maximum atomic E-state index is 13.0. The van der Waals surface area contributed by atoms with E-state index in [0.717, 1.165) is 6.07 Å². The molecule has 0 bridgehead atoms. The summed E-state index contributed by atoms with van der Waals surface area (Å²) in [7, 11) is 0. The molecule has 1 aromatic heterocycles. The molecule has 1 heterocycles. The molecule has 0 atom stereocenters. The molecule has 0 saturated heterocycles. The number of halogens is 4. The average Bonchev–Trinajstić information content (AvgIpc) is 2.75. The van der Waals surface area contributed by atoms with Crippen LogP contribution in [-0.4, -0.2) is 16.2 Å². The van der Waals surface area contributed by atoms with Crippen LogP contribution in [0, 0.1) is 0 Å². The number of hydrogen-bond acceptors (Lipinski definition) is 4. The zero-order valence-electron chi connectivity index (χ0n) is 10.6. The highest BCUT2D eigenvalue weighted by atomic mass is 79.9. The van der Waals surface area contributed by atoms with E-state index in [4.69, 9.17) is 4.52 Å². The molecule has 8 heteroatoms. The summed E-state index contributed by atoms with van der Waals surface area (Å²) in [6, 6.07) is 3.91. The quantitative estimate of drug-likeness (QED) is 0.895. The summed E-state index contributed by atoms with van der Waals surface area (Å²) in [5.74, 6) is -0.104. The van der Waals surface area contributed by atoms with Gasteiger partial charge in [-0.05, 0) is 32.0 Å². The van der Waals surface area contributed by atoms with Crippen molar-refractivity contribution in [1.29, 1.82) is 0 Å². The van der Waals surface area contributed by atoms with Gasteiger partial charge in [-0.2, -0.15) is 18.2 Å². The van der Waals surface area contributed by atoms with Crippen LogP contribution in [0.25, 0.3) is 11.4 Å². The lowest BCUT2D eigenvalue weighted by Gasteiger charge is -2.10. The fraction of sp³-hybridized carbons (Fsp3) is 0.333. The van der Waals surface area contributed by atoms with Crippen LogP contribution in [0.5, 0.6) is 0 Å². The Morgan fingerprint density at radius 3 is 2.60 bits per heavy atom. The van der Waals surface area contributed by atoms with Gasteiger partial charge in [-0.1, -0.05) is 21.1 Å². The molecular weight excluding hydrogens is 339 g/mol. The molecule has 2 rings (SSSR count). The van der Waals surface area contributed by atoms with Crippen LogP contribution in [0.4, 0.5) is 19.2 Å². The summed E-state index contributed by atoms with van der Waals surface area (Å²) in [5, 5.41) is 6.41. The van der Waals surface area contributed by atoms with Crippen molar-refractivity contribution in [1.82, 2.24) is 10.1 Å². The highest BCUT2D eigenvalue weighted by molar-refractivity contribution is 9.10. The van der Waals surface area contributed by atoms with Gasteiger partial charge in [0.05, 0.1) is 5.56 Å². The van der Waals surface area contributed by atoms with Crippen molar-refractivity contribution in [2.75, 3.05) is 5.32 Å². The number of alkyl halides is 3. The number of nitrogens with zero attached hydrogens (tertiary/aromatic N) is 2. The van der Waals surface area contributed by atoms with Gasteiger partial charge in [-0.15, -0.1) is 0 Å². The number of hydrogen-bond donors (Lipinski definition) is 1. The van der Waals surface area contributed by atoms with Gasteiger partial charge < -0.3 is 9.84 Å². The molecule has 0 aliphatic carbocycles. The number of nitrogens with one attached hydrogen (secondary N) is 1. The zero-order valence-corrected chi connectivity index (χ0v) is 12.2. The van der Waals surface area contributed by atoms with Crippen molar-refractivity contribution < 1.29 is 17.7 Å². The lowest BCUT2D eigenvalue weighted by molar-refractivity contribution is -0.137. The fourth-order valence-corrected chi connectivity index (χ4v) is 1.95. The first kappa shape index (κ1) is 14.8. The van der Waals surface area contributed by atoms with Crippen molar-refractivity contribution in [3.05, 3.63) is 28.2 Å². The Hall–Kier alpha value is -1.57. The predicted octanol–water partition coefficient (Wildman–Crippen LogP) is 4.34. The first-order chi connectivity index (χ1) is 9.27. The Morgan fingerprint density at radius 1 is 1.30 bits per heavy atom. The fourth-order valence-electron chi connectivity index (χ4n) is 1.58. The molecule has 1 N–H and O–H groups in total. The number of aromatic nitrogens is 2. The minimum atomic E-state index is -4.49. The van der Waals surface area contributed by atoms with Gasteiger partial charge in [0.15, 0.2) is 0 Å². The molecule has 0 amide bonds. The van der Waals surface area contributed by atoms with Gasteiger partial charge in [0, 0.05) is 16.1 Å². The lowest BCUT2D eigenvalue weighted by Crippen LogP contribution is -2.10. The van der Waals surface area contributed by atoms with Gasteiger partial charge in [0.2, 0.25) is 5.82 Å². The third-order valence-corrected chi connectivity index (χ3v) is 2.86. The van der Waals surface area contributed by atoms with Crippen molar-refractivity contribution >= 4 is 21.9 Å². The van der Waals surface area contributed by atoms with E-state index in [1.165, 1.54) is 12.1 Å². The molecular formula is C12H11BrF3N3O. The second kappa shape index (κ2) is 5.43. The normalized spacial score (nSPS) is 11.9. The average molecular weight is 350 g/mol. The standard InChI is InChI=1S/C12H11BrF3N3O/c1-6(2)17-11-18-10(19-20-11)8-4-3-7(13)5-9(8)12(14,15)16/h3-6H,1-2H3,(H,17,18,19). The molecule has 0 spiro atoms. The second-order valence-electron chi connectivity index (χ2n) is 4.41. The highest BCUT2D eigenvalue weighted by Crippen LogP contribution is 2.37. The smallest absolute Gasteiger partial charge is 0.336 e. The second-order valence-corrected chi connectivity index (χ2v) is 5.33. The molecule has 108 valence electrons. The highest BCUT2D eigenvalue weighted by Gasteiger charge is 2.35. The van der Waals surface area contributed by atoms with E-state index >= 15 is 0 Å². The molecule has 0 unspecified atom stereocenters. The molecule has 0 fully saturated rings. The molecule has 0 aliphatic rings. The van der Waals surface area contributed by atoms with E-state index in [0.29, 0.717) is 4.47 Å². The monoisotopic (exact) mass is 349 g/mol. The van der Waals surface area contributed by atoms with E-state index in [-0.39, 0.29) is 23.4 Å². The molecule has 20 heavy (non-hydrogen) atoms. The zero-order chi connectivity index (χ0) is 14.9. The Bertz CT molecular complexity index is 610. The first-order valence-electron chi connectivity index (χ1n) is 5.74. The minimum Gasteiger partial charge on any atom is -0.336 e. The van der Waals surface area contributed by atoms with E-state index in [1.807, 2.05) is 13.8 Å². The Labute approximate surface area is 121 Å². The summed E-state index contributed by atoms with van der Waals surface area (Å²) in [6.07, 6.45) is -4.49. The first-order valence-corrected chi connectivity index (χ1v) is 6.54. The molecule has 0 radical (unpaired) electrons. The lowest BCUT2D eigenvalue weighted by atomic mass is 10.1. The van der Waals surface area contributed by atoms with Crippen LogP contribution in [0.3, 0.4) is 0 Å². The van der Waals surface area contributed by atoms with Gasteiger partial charge in [-0.3, -0.25) is 0 Å². The third-order valence-electron chi connectivity index (χ3n) is 2.37. The summed E-state index contributed by atoms with van der Waals surface area (Å²) >= 11 is 3.02. The van der Waals surface area contributed by atoms with E-state index in [2.05, 4.69) is 31.4 Å². The number of rotatable bonds is 3. The Morgan fingerprint density at radius 2 is 2.00 bits per heavy atom. The minimum absolute atomic E-state index is 0.0373. The topological polar surface area (TPSA) is 51.0 Å². The molecule has 0 aliphatic heterocycles. The summed E-state index contributed by atoms with van der Waals surface area (Å²) in [5.41, 5.74) is -0.940. The van der Waals surface area contributed by atoms with Crippen molar-refractivity contribution in [2.45, 2.75) is 26.1 Å². The van der Waals surface area contributed by atoms with Gasteiger partial charge in [0.25, 0.3) is 0 Å². The largest absolute Gasteiger partial charge is 0.417 e.